The summed E-state index contributed by atoms with van der Waals surface area (Å²) in [5.41, 5.74) is 2.36. The van der Waals surface area contributed by atoms with Crippen molar-refractivity contribution in [2.45, 2.75) is 75.5 Å². The van der Waals surface area contributed by atoms with Crippen LogP contribution in [-0.2, 0) is 32.5 Å². The number of fused-ring (bicyclic) bond motifs is 3. The minimum Gasteiger partial charge on any atom is -0.481 e. The van der Waals surface area contributed by atoms with E-state index in [9.17, 15) is 19.5 Å². The topological polar surface area (TPSA) is 113 Å². The molecule has 1 aliphatic carbocycles. The number of halogens is 2. The molecule has 2 aromatic carbocycles. The molecule has 1 amide bonds. The van der Waals surface area contributed by atoms with Crippen LogP contribution in [0.25, 0.3) is 10.9 Å². The largest absolute Gasteiger partial charge is 0.481 e. The van der Waals surface area contributed by atoms with Gasteiger partial charge in [0, 0.05) is 61.3 Å². The lowest BCUT2D eigenvalue weighted by Crippen LogP contribution is -2.70. The van der Waals surface area contributed by atoms with Crippen molar-refractivity contribution in [2.75, 3.05) is 31.6 Å². The number of amides is 1. The number of anilines is 1. The van der Waals surface area contributed by atoms with E-state index in [1.807, 2.05) is 35.9 Å². The SMILES string of the molecule is Cn1cc(C(=O)Nc2cc(Cl)c(CC(=O)C(O[C@H]3CC[C@H](C(=O)O)CC3)(N3CCCC3)N3C[C@H]4C[C@H]3CO4)cc2Cl)c2ccccc21. The van der Waals surface area contributed by atoms with Crippen LogP contribution >= 0.6 is 23.2 Å². The van der Waals surface area contributed by atoms with Crippen molar-refractivity contribution in [3.8, 4) is 0 Å². The average Bonchev–Trinajstić information content (AvgIpc) is 3.89. The Labute approximate surface area is 283 Å². The number of aromatic nitrogens is 1. The predicted octanol–water partition coefficient (Wildman–Crippen LogP) is 5.73. The van der Waals surface area contributed by atoms with Gasteiger partial charge in [-0.2, -0.15) is 0 Å². The molecule has 2 N–H and O–H groups in total. The van der Waals surface area contributed by atoms with E-state index in [0.717, 1.165) is 43.3 Å². The van der Waals surface area contributed by atoms with E-state index >= 15 is 0 Å². The van der Waals surface area contributed by atoms with E-state index in [-0.39, 0.29) is 47.3 Å². The van der Waals surface area contributed by atoms with E-state index in [4.69, 9.17) is 32.7 Å². The van der Waals surface area contributed by atoms with Gasteiger partial charge in [-0.05, 0) is 68.7 Å². The second-order valence-corrected chi connectivity index (χ2v) is 14.2. The van der Waals surface area contributed by atoms with Gasteiger partial charge in [0.2, 0.25) is 5.85 Å². The van der Waals surface area contributed by atoms with Crippen molar-refractivity contribution in [3.05, 3.63) is 63.8 Å². The lowest BCUT2D eigenvalue weighted by atomic mass is 9.87. The second kappa shape index (κ2) is 13.1. The number of nitrogens with one attached hydrogen (secondary N) is 1. The van der Waals surface area contributed by atoms with Gasteiger partial charge in [-0.3, -0.25) is 19.3 Å². The molecule has 2 bridgehead atoms. The first-order valence-corrected chi connectivity index (χ1v) is 17.3. The lowest BCUT2D eigenvalue weighted by molar-refractivity contribution is -0.267. The van der Waals surface area contributed by atoms with Gasteiger partial charge in [0.05, 0.1) is 41.0 Å². The van der Waals surface area contributed by atoms with Crippen molar-refractivity contribution >= 4 is 57.5 Å². The van der Waals surface area contributed by atoms with Crippen LogP contribution in [-0.4, -0.2) is 87.5 Å². The Balaban J connectivity index is 1.16. The number of rotatable bonds is 10. The number of ether oxygens (including phenoxy) is 2. The van der Waals surface area contributed by atoms with Gasteiger partial charge < -0.3 is 24.5 Å². The smallest absolute Gasteiger partial charge is 0.306 e. The monoisotopic (exact) mass is 682 g/mol. The second-order valence-electron chi connectivity index (χ2n) is 13.4. The quantitative estimate of drug-likeness (QED) is 0.279. The number of carboxylic acids is 1. The number of aliphatic carboxylic acids is 1. The summed E-state index contributed by atoms with van der Waals surface area (Å²) in [5.74, 6) is -2.92. The number of ketones is 1. The molecule has 3 atom stereocenters. The van der Waals surface area contributed by atoms with E-state index in [1.165, 1.54) is 0 Å². The van der Waals surface area contributed by atoms with Crippen LogP contribution in [0.2, 0.25) is 10.0 Å². The lowest BCUT2D eigenvalue weighted by Gasteiger charge is -2.51. The first-order valence-electron chi connectivity index (χ1n) is 16.5. The van der Waals surface area contributed by atoms with Crippen molar-refractivity contribution in [1.82, 2.24) is 14.4 Å². The number of para-hydroxylation sites is 1. The Morgan fingerprint density at radius 2 is 1.81 bits per heavy atom. The maximum Gasteiger partial charge on any atom is 0.306 e. The highest BCUT2D eigenvalue weighted by Crippen LogP contribution is 2.42. The number of carboxylic acid groups (broad SMARTS) is 1. The molecule has 7 rings (SSSR count). The number of morpholine rings is 1. The molecule has 1 unspecified atom stereocenters. The summed E-state index contributed by atoms with van der Waals surface area (Å²) in [7, 11) is 1.89. The normalized spacial score (nSPS) is 26.1. The predicted molar refractivity (Wildman–Crippen MR) is 179 cm³/mol. The van der Waals surface area contributed by atoms with E-state index in [1.54, 1.807) is 18.3 Å². The van der Waals surface area contributed by atoms with Crippen molar-refractivity contribution in [2.24, 2.45) is 13.0 Å². The van der Waals surface area contributed by atoms with Gasteiger partial charge in [-0.15, -0.1) is 0 Å². The minimum absolute atomic E-state index is 0.0220. The highest BCUT2D eigenvalue weighted by molar-refractivity contribution is 6.36. The van der Waals surface area contributed by atoms with Crippen molar-refractivity contribution in [3.63, 3.8) is 0 Å². The highest BCUT2D eigenvalue weighted by Gasteiger charge is 2.58. The van der Waals surface area contributed by atoms with Gasteiger partial charge in [0.25, 0.3) is 5.91 Å². The zero-order valence-electron chi connectivity index (χ0n) is 26.4. The van der Waals surface area contributed by atoms with Gasteiger partial charge in [-0.1, -0.05) is 41.4 Å². The summed E-state index contributed by atoms with van der Waals surface area (Å²) in [6.45, 7) is 2.57. The summed E-state index contributed by atoms with van der Waals surface area (Å²) in [6.07, 6.45) is 6.52. The third-order valence-electron chi connectivity index (χ3n) is 10.4. The number of likely N-dealkylation sites (tertiary alicyclic amines) is 2. The van der Waals surface area contributed by atoms with E-state index in [0.29, 0.717) is 60.7 Å². The number of carbonyl (C=O) groups excluding carboxylic acids is 2. The first-order chi connectivity index (χ1) is 22.6. The summed E-state index contributed by atoms with van der Waals surface area (Å²) in [6, 6.07) is 11.0. The van der Waals surface area contributed by atoms with E-state index < -0.39 is 11.8 Å². The molecule has 3 aromatic rings. The molecule has 1 aromatic heterocycles. The van der Waals surface area contributed by atoms with Crippen LogP contribution in [0.3, 0.4) is 0 Å². The Hall–Kier alpha value is -2.99. The summed E-state index contributed by atoms with van der Waals surface area (Å²) < 4.78 is 14.9. The molecule has 250 valence electrons. The zero-order valence-corrected chi connectivity index (χ0v) is 27.9. The fourth-order valence-corrected chi connectivity index (χ4v) is 8.46. The Kier molecular flexibility index (Phi) is 9.10. The molecule has 3 aliphatic heterocycles. The molecular weight excluding hydrogens is 643 g/mol. The molecule has 4 fully saturated rings. The van der Waals surface area contributed by atoms with Gasteiger partial charge >= 0.3 is 5.97 Å². The standard InChI is InChI=1S/C35H40Cl2N4O6/c1-39-19-27(26-6-2-3-7-31(26)39)33(43)38-30-17-28(36)22(14-29(30)37)15-32(42)35(40-12-4-5-13-40,41-18-25-16-23(41)20-46-25)47-24-10-8-21(9-11-24)34(44)45/h2-3,6-7,14,17,19,21,23-25H,4-5,8-13,15-16,18,20H2,1H3,(H,38,43)(H,44,45)/t21-,23-,24-,25+,35?/m0/s1. The van der Waals surface area contributed by atoms with Gasteiger partial charge in [-0.25, -0.2) is 4.90 Å². The Morgan fingerprint density at radius 1 is 1.06 bits per heavy atom. The summed E-state index contributed by atoms with van der Waals surface area (Å²) in [4.78, 5) is 44.2. The summed E-state index contributed by atoms with van der Waals surface area (Å²) >= 11 is 13.6. The molecule has 4 aliphatic rings. The number of hydrogen-bond donors (Lipinski definition) is 2. The molecule has 1 saturated carbocycles. The molecule has 4 heterocycles. The van der Waals surface area contributed by atoms with Crippen LogP contribution in [0.4, 0.5) is 5.69 Å². The van der Waals surface area contributed by atoms with E-state index in [2.05, 4.69) is 15.1 Å². The Bertz CT molecular complexity index is 1700. The van der Waals surface area contributed by atoms with Crippen LogP contribution in [0.5, 0.6) is 0 Å². The number of carbonyl (C=O) groups is 3. The molecule has 10 nitrogen and oxygen atoms in total. The summed E-state index contributed by atoms with van der Waals surface area (Å²) in [5, 5.41) is 13.9. The van der Waals surface area contributed by atoms with Crippen LogP contribution in [0.15, 0.2) is 42.6 Å². The maximum atomic E-state index is 14.9. The molecule has 12 heteroatoms. The molecule has 3 saturated heterocycles. The first kappa shape index (κ1) is 32.6. The minimum atomic E-state index is -1.32. The third kappa shape index (κ3) is 6.09. The van der Waals surface area contributed by atoms with Crippen molar-refractivity contribution < 1.29 is 29.0 Å². The molecule has 0 radical (unpaired) electrons. The zero-order chi connectivity index (χ0) is 32.9. The Morgan fingerprint density at radius 3 is 2.49 bits per heavy atom. The molecule has 47 heavy (non-hydrogen) atoms. The van der Waals surface area contributed by atoms with Crippen LogP contribution in [0.1, 0.15) is 60.9 Å². The molecule has 0 spiro atoms. The van der Waals surface area contributed by atoms with Gasteiger partial charge in [0.15, 0.2) is 5.78 Å². The highest BCUT2D eigenvalue weighted by atomic mass is 35.5. The number of nitrogens with zero attached hydrogens (tertiary/aromatic N) is 3. The fourth-order valence-electron chi connectivity index (χ4n) is 8.00. The third-order valence-corrected chi connectivity index (χ3v) is 11.1. The number of aryl methyl sites for hydroxylation is 1. The number of Topliss-reactive ketones (excluding diaryl/α,β-unsaturated/α-hetero) is 1. The average molecular weight is 684 g/mol. The molecular formula is C35H40Cl2N4O6. The fraction of sp³-hybridized carbons (Fsp3) is 0.514. The maximum absolute atomic E-state index is 14.9. The number of hydrogen-bond acceptors (Lipinski definition) is 7. The van der Waals surface area contributed by atoms with Crippen LogP contribution in [0, 0.1) is 5.92 Å². The van der Waals surface area contributed by atoms with Crippen LogP contribution < -0.4 is 5.32 Å². The van der Waals surface area contributed by atoms with Crippen molar-refractivity contribution in [1.29, 1.82) is 0 Å². The number of benzene rings is 2. The van der Waals surface area contributed by atoms with Gasteiger partial charge in [0.1, 0.15) is 0 Å².